The van der Waals surface area contributed by atoms with Gasteiger partial charge in [-0.1, -0.05) is 6.07 Å². The number of aryl methyl sites for hydroxylation is 2. The van der Waals surface area contributed by atoms with Crippen molar-refractivity contribution in [2.24, 2.45) is 0 Å². The molecule has 1 heterocycles. The number of hydrogen-bond acceptors (Lipinski definition) is 4. The van der Waals surface area contributed by atoms with Gasteiger partial charge >= 0.3 is 0 Å². The smallest absolute Gasteiger partial charge is 0.247 e. The number of benzene rings is 2. The van der Waals surface area contributed by atoms with E-state index in [1.807, 2.05) is 39.0 Å². The van der Waals surface area contributed by atoms with Gasteiger partial charge in [-0.3, -0.25) is 0 Å². The maximum atomic E-state index is 13.4. The van der Waals surface area contributed by atoms with E-state index in [0.29, 0.717) is 18.7 Å². The van der Waals surface area contributed by atoms with Crippen LogP contribution in [0, 0.1) is 13.8 Å². The zero-order valence-electron chi connectivity index (χ0n) is 15.9. The second-order valence-corrected chi connectivity index (χ2v) is 8.55. The summed E-state index contributed by atoms with van der Waals surface area (Å²) in [6, 6.07) is 9.07. The summed E-state index contributed by atoms with van der Waals surface area (Å²) in [5.74, 6) is 1.18. The average molecular weight is 375 g/mol. The molecule has 2 aromatic carbocycles. The molecule has 0 N–H and O–H groups in total. The third-order valence-corrected chi connectivity index (χ3v) is 7.19. The van der Waals surface area contributed by atoms with E-state index >= 15 is 0 Å². The number of methoxy groups -OCH3 is 2. The molecule has 0 aromatic heterocycles. The third-order valence-electron chi connectivity index (χ3n) is 5.20. The van der Waals surface area contributed by atoms with E-state index in [1.165, 1.54) is 7.11 Å². The molecule has 0 radical (unpaired) electrons. The van der Waals surface area contributed by atoms with Crippen LogP contribution in [0.25, 0.3) is 0 Å². The van der Waals surface area contributed by atoms with Crippen molar-refractivity contribution in [3.05, 3.63) is 52.6 Å². The van der Waals surface area contributed by atoms with E-state index in [1.54, 1.807) is 23.5 Å². The molecule has 1 atom stereocenters. The van der Waals surface area contributed by atoms with Crippen LogP contribution in [0.2, 0.25) is 0 Å². The standard InChI is InChI=1S/C20H25NO4S/c1-13-10-19(25-5)20(11-14(13)2)26(22,23)21-9-8-16-12-17(24-4)6-7-18(16)15(21)3/h6-7,10-12,15H,8-9H2,1-5H3. The summed E-state index contributed by atoms with van der Waals surface area (Å²) in [6.07, 6.45) is 0.656. The van der Waals surface area contributed by atoms with Crippen LogP contribution in [0.5, 0.6) is 11.5 Å². The molecule has 1 aliphatic rings. The fourth-order valence-corrected chi connectivity index (χ4v) is 5.33. The predicted octanol–water partition coefficient (Wildman–Crippen LogP) is 3.63. The van der Waals surface area contributed by atoms with E-state index in [-0.39, 0.29) is 10.9 Å². The number of nitrogens with zero attached hydrogens (tertiary/aromatic N) is 1. The summed E-state index contributed by atoms with van der Waals surface area (Å²) in [7, 11) is -0.535. The Hall–Kier alpha value is -2.05. The molecule has 0 aliphatic carbocycles. The lowest BCUT2D eigenvalue weighted by atomic mass is 9.95. The van der Waals surface area contributed by atoms with E-state index in [9.17, 15) is 8.42 Å². The highest BCUT2D eigenvalue weighted by Gasteiger charge is 2.35. The first kappa shape index (κ1) is 18.7. The molecule has 1 unspecified atom stereocenters. The summed E-state index contributed by atoms with van der Waals surface area (Å²) in [5.41, 5.74) is 4.09. The zero-order chi connectivity index (χ0) is 19.1. The Bertz CT molecular complexity index is 937. The van der Waals surface area contributed by atoms with Crippen LogP contribution in [0.3, 0.4) is 0 Å². The van der Waals surface area contributed by atoms with Crippen LogP contribution in [-0.4, -0.2) is 33.5 Å². The van der Waals surface area contributed by atoms with E-state index < -0.39 is 10.0 Å². The van der Waals surface area contributed by atoms with Crippen molar-refractivity contribution in [1.29, 1.82) is 0 Å². The van der Waals surface area contributed by atoms with Crippen molar-refractivity contribution in [1.82, 2.24) is 4.31 Å². The molecule has 1 aliphatic heterocycles. The van der Waals surface area contributed by atoms with Gasteiger partial charge in [-0.2, -0.15) is 4.31 Å². The van der Waals surface area contributed by atoms with Gasteiger partial charge in [0.1, 0.15) is 16.4 Å². The number of ether oxygens (including phenoxy) is 2. The lowest BCUT2D eigenvalue weighted by Crippen LogP contribution is -2.39. The van der Waals surface area contributed by atoms with Gasteiger partial charge in [0.15, 0.2) is 0 Å². The van der Waals surface area contributed by atoms with Gasteiger partial charge in [0, 0.05) is 12.6 Å². The molecule has 0 spiro atoms. The summed E-state index contributed by atoms with van der Waals surface area (Å²) in [5, 5.41) is 0. The van der Waals surface area contributed by atoms with Gasteiger partial charge < -0.3 is 9.47 Å². The molecule has 3 rings (SSSR count). The maximum Gasteiger partial charge on any atom is 0.247 e. The quantitative estimate of drug-likeness (QED) is 0.819. The van der Waals surface area contributed by atoms with Crippen molar-refractivity contribution in [3.63, 3.8) is 0 Å². The van der Waals surface area contributed by atoms with Crippen molar-refractivity contribution in [2.45, 2.75) is 38.1 Å². The Morgan fingerprint density at radius 2 is 1.73 bits per heavy atom. The van der Waals surface area contributed by atoms with Crippen molar-refractivity contribution in [2.75, 3.05) is 20.8 Å². The second-order valence-electron chi connectivity index (χ2n) is 6.69. The SMILES string of the molecule is COc1ccc2c(c1)CCN(S(=O)(=O)c1cc(C)c(C)cc1OC)C2C. The molecule has 0 fully saturated rings. The van der Waals surface area contributed by atoms with Crippen LogP contribution < -0.4 is 9.47 Å². The highest BCUT2D eigenvalue weighted by atomic mass is 32.2. The largest absolute Gasteiger partial charge is 0.497 e. The van der Waals surface area contributed by atoms with E-state index in [2.05, 4.69) is 0 Å². The Balaban J connectivity index is 2.05. The molecule has 26 heavy (non-hydrogen) atoms. The van der Waals surface area contributed by atoms with Gasteiger partial charge in [0.05, 0.1) is 14.2 Å². The highest BCUT2D eigenvalue weighted by Crippen LogP contribution is 2.38. The minimum absolute atomic E-state index is 0.229. The van der Waals surface area contributed by atoms with Gasteiger partial charge in [-0.05, 0) is 73.7 Å². The molecule has 0 saturated carbocycles. The number of hydrogen-bond donors (Lipinski definition) is 0. The zero-order valence-corrected chi connectivity index (χ0v) is 16.7. The van der Waals surface area contributed by atoms with Crippen LogP contribution in [0.15, 0.2) is 35.2 Å². The molecule has 140 valence electrons. The maximum absolute atomic E-state index is 13.4. The van der Waals surface area contributed by atoms with Crippen molar-refractivity contribution >= 4 is 10.0 Å². The van der Waals surface area contributed by atoms with Crippen molar-refractivity contribution < 1.29 is 17.9 Å². The fraction of sp³-hybridized carbons (Fsp3) is 0.400. The molecule has 0 bridgehead atoms. The monoisotopic (exact) mass is 375 g/mol. The summed E-state index contributed by atoms with van der Waals surface area (Å²) in [6.45, 7) is 6.21. The lowest BCUT2D eigenvalue weighted by molar-refractivity contribution is 0.322. The van der Waals surface area contributed by atoms with Gasteiger partial charge in [0.25, 0.3) is 0 Å². The third kappa shape index (κ3) is 3.08. The molecular formula is C20H25NO4S. The molecule has 0 saturated heterocycles. The fourth-order valence-electron chi connectivity index (χ4n) is 3.49. The van der Waals surface area contributed by atoms with E-state index in [0.717, 1.165) is 28.0 Å². The summed E-state index contributed by atoms with van der Waals surface area (Å²) < 4.78 is 39.0. The summed E-state index contributed by atoms with van der Waals surface area (Å²) in [4.78, 5) is 0.229. The van der Waals surface area contributed by atoms with Gasteiger partial charge in [0.2, 0.25) is 10.0 Å². The Morgan fingerprint density at radius 1 is 1.04 bits per heavy atom. The molecule has 2 aromatic rings. The first-order chi connectivity index (χ1) is 12.3. The lowest BCUT2D eigenvalue weighted by Gasteiger charge is -2.34. The Labute approximate surface area is 155 Å². The van der Waals surface area contributed by atoms with Crippen LogP contribution >= 0.6 is 0 Å². The molecular weight excluding hydrogens is 350 g/mol. The molecule has 0 amide bonds. The number of sulfonamides is 1. The molecule has 6 heteroatoms. The Kier molecular flexibility index (Phi) is 4.99. The number of rotatable bonds is 4. The predicted molar refractivity (Wildman–Crippen MR) is 101 cm³/mol. The van der Waals surface area contributed by atoms with E-state index in [4.69, 9.17) is 9.47 Å². The highest BCUT2D eigenvalue weighted by molar-refractivity contribution is 7.89. The minimum atomic E-state index is -3.67. The van der Waals surface area contributed by atoms with Crippen LogP contribution in [0.1, 0.15) is 35.2 Å². The van der Waals surface area contributed by atoms with Crippen LogP contribution in [0.4, 0.5) is 0 Å². The Morgan fingerprint density at radius 3 is 2.38 bits per heavy atom. The molecule has 5 nitrogen and oxygen atoms in total. The normalized spacial score (nSPS) is 17.7. The first-order valence-electron chi connectivity index (χ1n) is 8.63. The summed E-state index contributed by atoms with van der Waals surface area (Å²) >= 11 is 0. The average Bonchev–Trinajstić information content (AvgIpc) is 2.63. The second kappa shape index (κ2) is 6.93. The topological polar surface area (TPSA) is 55.8 Å². The number of fused-ring (bicyclic) bond motifs is 1. The van der Waals surface area contributed by atoms with Gasteiger partial charge in [-0.15, -0.1) is 0 Å². The van der Waals surface area contributed by atoms with Crippen molar-refractivity contribution in [3.8, 4) is 11.5 Å². The first-order valence-corrected chi connectivity index (χ1v) is 10.1. The van der Waals surface area contributed by atoms with Gasteiger partial charge in [-0.25, -0.2) is 8.42 Å². The minimum Gasteiger partial charge on any atom is -0.497 e. The van der Waals surface area contributed by atoms with Crippen LogP contribution in [-0.2, 0) is 16.4 Å².